The first-order valence-corrected chi connectivity index (χ1v) is 5.61. The Balaban J connectivity index is 2.22. The van der Waals surface area contributed by atoms with E-state index in [0.717, 1.165) is 16.1 Å². The summed E-state index contributed by atoms with van der Waals surface area (Å²) in [5.74, 6) is 5.75. The third-order valence-corrected chi connectivity index (χ3v) is 2.73. The van der Waals surface area contributed by atoms with Gasteiger partial charge in [0.25, 0.3) is 0 Å². The Bertz CT molecular complexity index is 576. The molecule has 0 aliphatic rings. The monoisotopic (exact) mass is 248 g/mol. The molecule has 2 aromatic rings. The number of hydrogen-bond acceptors (Lipinski definition) is 5. The van der Waals surface area contributed by atoms with E-state index in [0.29, 0.717) is 11.5 Å². The minimum absolute atomic E-state index is 0.162. The smallest absolute Gasteiger partial charge is 0.238 e. The van der Waals surface area contributed by atoms with Crippen molar-refractivity contribution in [3.63, 3.8) is 0 Å². The van der Waals surface area contributed by atoms with Crippen molar-refractivity contribution in [1.29, 1.82) is 0 Å². The molecule has 0 saturated carbocycles. The molecule has 0 saturated heterocycles. The average Bonchev–Trinajstić information content (AvgIpc) is 2.67. The number of aromatic nitrogens is 1. The Morgan fingerprint density at radius 3 is 2.94 bits per heavy atom. The normalized spacial score (nSPS) is 12.7. The van der Waals surface area contributed by atoms with Crippen molar-refractivity contribution in [2.24, 2.45) is 11.6 Å². The quantitative estimate of drug-likeness (QED) is 0.477. The van der Waals surface area contributed by atoms with Crippen LogP contribution in [0.15, 0.2) is 22.6 Å². The molecule has 6 heteroatoms. The molecular weight excluding hydrogens is 232 g/mol. The molecule has 0 aliphatic carbocycles. The van der Waals surface area contributed by atoms with Crippen molar-refractivity contribution in [1.82, 2.24) is 9.99 Å². The minimum atomic E-state index is -0.398. The summed E-state index contributed by atoms with van der Waals surface area (Å²) in [7, 11) is 1.50. The number of fused-ring (bicyclic) bond motifs is 1. The topological polar surface area (TPSA) is 98.4 Å². The van der Waals surface area contributed by atoms with Gasteiger partial charge in [-0.1, -0.05) is 6.07 Å². The van der Waals surface area contributed by atoms with Crippen LogP contribution in [-0.4, -0.2) is 22.9 Å². The molecular formula is C12H16N4O2. The standard InChI is InChI=1S/C12H16N4O2/c1-7-15-10-5-8(3-4-11(10)18-7)9(13)6-12(17)16(2)14/h3-5,9H,6,13-14H2,1-2H3. The van der Waals surface area contributed by atoms with Crippen LogP contribution >= 0.6 is 0 Å². The van der Waals surface area contributed by atoms with Crippen molar-refractivity contribution in [3.05, 3.63) is 29.7 Å². The van der Waals surface area contributed by atoms with Crippen molar-refractivity contribution in [2.45, 2.75) is 19.4 Å². The number of carbonyl (C=O) groups is 1. The number of benzene rings is 1. The van der Waals surface area contributed by atoms with Gasteiger partial charge in [-0.25, -0.2) is 10.8 Å². The van der Waals surface area contributed by atoms with E-state index in [1.807, 2.05) is 12.1 Å². The second-order valence-corrected chi connectivity index (χ2v) is 4.28. The fraction of sp³-hybridized carbons (Fsp3) is 0.333. The molecule has 0 spiro atoms. The van der Waals surface area contributed by atoms with E-state index in [4.69, 9.17) is 16.0 Å². The van der Waals surface area contributed by atoms with E-state index < -0.39 is 6.04 Å². The van der Waals surface area contributed by atoms with Gasteiger partial charge >= 0.3 is 0 Å². The molecule has 96 valence electrons. The summed E-state index contributed by atoms with van der Waals surface area (Å²) in [6, 6.07) is 5.08. The van der Waals surface area contributed by atoms with Gasteiger partial charge in [-0.3, -0.25) is 9.80 Å². The summed E-state index contributed by atoms with van der Waals surface area (Å²) >= 11 is 0. The zero-order chi connectivity index (χ0) is 13.3. The highest BCUT2D eigenvalue weighted by atomic mass is 16.3. The fourth-order valence-electron chi connectivity index (χ4n) is 1.74. The molecule has 0 radical (unpaired) electrons. The fourth-order valence-corrected chi connectivity index (χ4v) is 1.74. The highest BCUT2D eigenvalue weighted by Gasteiger charge is 2.14. The summed E-state index contributed by atoms with van der Waals surface area (Å²) in [6.07, 6.45) is 0.162. The number of rotatable bonds is 3. The summed E-state index contributed by atoms with van der Waals surface area (Å²) in [4.78, 5) is 15.7. The second-order valence-electron chi connectivity index (χ2n) is 4.28. The van der Waals surface area contributed by atoms with E-state index >= 15 is 0 Å². The summed E-state index contributed by atoms with van der Waals surface area (Å²) < 4.78 is 5.37. The number of hydrazine groups is 1. The maximum absolute atomic E-state index is 11.5. The van der Waals surface area contributed by atoms with Crippen LogP contribution in [0.1, 0.15) is 23.9 Å². The predicted octanol–water partition coefficient (Wildman–Crippen LogP) is 0.858. The van der Waals surface area contributed by atoms with E-state index in [1.54, 1.807) is 13.0 Å². The molecule has 2 rings (SSSR count). The van der Waals surface area contributed by atoms with Crippen molar-refractivity contribution in [3.8, 4) is 0 Å². The van der Waals surface area contributed by atoms with Crippen molar-refractivity contribution in [2.75, 3.05) is 7.05 Å². The van der Waals surface area contributed by atoms with Crippen LogP contribution in [0, 0.1) is 6.92 Å². The van der Waals surface area contributed by atoms with E-state index in [-0.39, 0.29) is 12.3 Å². The highest BCUT2D eigenvalue weighted by Crippen LogP contribution is 2.21. The molecule has 1 aromatic heterocycles. The van der Waals surface area contributed by atoms with Gasteiger partial charge in [0, 0.05) is 26.4 Å². The maximum atomic E-state index is 11.5. The van der Waals surface area contributed by atoms with Gasteiger partial charge in [0.05, 0.1) is 0 Å². The first-order chi connectivity index (χ1) is 8.47. The lowest BCUT2D eigenvalue weighted by atomic mass is 10.0. The van der Waals surface area contributed by atoms with Crippen LogP contribution in [0.4, 0.5) is 0 Å². The molecule has 6 nitrogen and oxygen atoms in total. The van der Waals surface area contributed by atoms with Crippen LogP contribution in [-0.2, 0) is 4.79 Å². The summed E-state index contributed by atoms with van der Waals surface area (Å²) in [5.41, 5.74) is 8.27. The lowest BCUT2D eigenvalue weighted by Gasteiger charge is -2.14. The Kier molecular flexibility index (Phi) is 3.31. The van der Waals surface area contributed by atoms with Gasteiger partial charge in [0.1, 0.15) is 5.52 Å². The van der Waals surface area contributed by atoms with Crippen LogP contribution in [0.2, 0.25) is 0 Å². The Morgan fingerprint density at radius 1 is 1.56 bits per heavy atom. The lowest BCUT2D eigenvalue weighted by Crippen LogP contribution is -2.35. The van der Waals surface area contributed by atoms with Crippen LogP contribution in [0.5, 0.6) is 0 Å². The Labute approximate surface area is 105 Å². The molecule has 0 fully saturated rings. The maximum Gasteiger partial charge on any atom is 0.238 e. The Morgan fingerprint density at radius 2 is 2.28 bits per heavy atom. The molecule has 4 N–H and O–H groups in total. The van der Waals surface area contributed by atoms with Gasteiger partial charge in [0.2, 0.25) is 5.91 Å². The number of hydrogen-bond donors (Lipinski definition) is 2. The van der Waals surface area contributed by atoms with Gasteiger partial charge in [0.15, 0.2) is 11.5 Å². The Hall–Kier alpha value is -1.92. The highest BCUT2D eigenvalue weighted by molar-refractivity contribution is 5.77. The molecule has 1 aromatic carbocycles. The largest absolute Gasteiger partial charge is 0.441 e. The molecule has 1 amide bonds. The predicted molar refractivity (Wildman–Crippen MR) is 67.2 cm³/mol. The third kappa shape index (κ3) is 2.49. The lowest BCUT2D eigenvalue weighted by molar-refractivity contribution is -0.130. The van der Waals surface area contributed by atoms with Gasteiger partial charge in [-0.15, -0.1) is 0 Å². The number of aryl methyl sites for hydroxylation is 1. The van der Waals surface area contributed by atoms with Crippen molar-refractivity contribution >= 4 is 17.0 Å². The van der Waals surface area contributed by atoms with Crippen molar-refractivity contribution < 1.29 is 9.21 Å². The first kappa shape index (κ1) is 12.5. The van der Waals surface area contributed by atoms with Gasteiger partial charge in [-0.2, -0.15) is 0 Å². The number of carbonyl (C=O) groups excluding carboxylic acids is 1. The van der Waals surface area contributed by atoms with Gasteiger partial charge < -0.3 is 10.2 Å². The zero-order valence-corrected chi connectivity index (χ0v) is 10.4. The van der Waals surface area contributed by atoms with E-state index in [9.17, 15) is 4.79 Å². The number of nitrogens with two attached hydrogens (primary N) is 2. The summed E-state index contributed by atoms with van der Waals surface area (Å²) in [6.45, 7) is 1.78. The first-order valence-electron chi connectivity index (χ1n) is 5.61. The van der Waals surface area contributed by atoms with E-state index in [1.165, 1.54) is 7.05 Å². The van der Waals surface area contributed by atoms with Crippen LogP contribution < -0.4 is 11.6 Å². The van der Waals surface area contributed by atoms with E-state index in [2.05, 4.69) is 4.98 Å². The number of nitrogens with zero attached hydrogens (tertiary/aromatic N) is 2. The zero-order valence-electron chi connectivity index (χ0n) is 10.4. The third-order valence-electron chi connectivity index (χ3n) is 2.73. The molecule has 1 atom stereocenters. The van der Waals surface area contributed by atoms with Crippen LogP contribution in [0.25, 0.3) is 11.1 Å². The SMILES string of the molecule is Cc1nc2cc(C(N)CC(=O)N(C)N)ccc2o1. The minimum Gasteiger partial charge on any atom is -0.441 e. The second kappa shape index (κ2) is 4.75. The molecule has 0 bridgehead atoms. The van der Waals surface area contributed by atoms with Crippen LogP contribution in [0.3, 0.4) is 0 Å². The summed E-state index contributed by atoms with van der Waals surface area (Å²) in [5, 5.41) is 1.04. The molecule has 0 aliphatic heterocycles. The molecule has 1 heterocycles. The van der Waals surface area contributed by atoms with Gasteiger partial charge in [-0.05, 0) is 17.7 Å². The average molecular weight is 248 g/mol. The number of amides is 1. The molecule has 18 heavy (non-hydrogen) atoms. The number of oxazole rings is 1. The molecule has 1 unspecified atom stereocenters.